The Kier molecular flexibility index (Phi) is 7.68. The summed E-state index contributed by atoms with van der Waals surface area (Å²) >= 11 is 0. The van der Waals surface area contributed by atoms with Crippen LogP contribution in [0, 0.1) is 17.8 Å². The average Bonchev–Trinajstić information content (AvgIpc) is 3.77. The van der Waals surface area contributed by atoms with Gasteiger partial charge >= 0.3 is 0 Å². The van der Waals surface area contributed by atoms with Gasteiger partial charge in [-0.25, -0.2) is 0 Å². The Morgan fingerprint density at radius 3 is 1.38 bits per heavy atom. The summed E-state index contributed by atoms with van der Waals surface area (Å²) in [7, 11) is 0. The molecular formula is C54H48N2. The molecule has 0 amide bonds. The molecule has 2 nitrogen and oxygen atoms in total. The molecule has 0 aromatic heterocycles. The number of nitrogens with zero attached hydrogens (tertiary/aromatic N) is 2. The molecule has 5 aliphatic carbocycles. The maximum absolute atomic E-state index is 2.54. The van der Waals surface area contributed by atoms with E-state index < -0.39 is 0 Å². The number of hydrogen-bond acceptors (Lipinski definition) is 2. The fourth-order valence-electron chi connectivity index (χ4n) is 11.6. The van der Waals surface area contributed by atoms with Gasteiger partial charge in [-0.2, -0.15) is 0 Å². The molecule has 56 heavy (non-hydrogen) atoms. The molecule has 12 rings (SSSR count). The van der Waals surface area contributed by atoms with Crippen molar-refractivity contribution < 1.29 is 0 Å². The highest BCUT2D eigenvalue weighted by molar-refractivity contribution is 5.88. The minimum absolute atomic E-state index is 0.196. The lowest BCUT2D eigenvalue weighted by atomic mass is 9.65. The third kappa shape index (κ3) is 5.37. The standard InChI is InChI=1S/C54H48N2/c1-53(2)51-32-47(55(43-17-6-3-7-18-43)44-19-8-4-9-20-44)24-26-49(51)50-27-25-48(33-52(50)53)56(45-21-10-5-11-22-45)46-23-13-15-39(31-46)38-14-12-16-42(30-38)54-34-37-28-40(35-54)41(29-37)36-54/h3-27,30-33,37,40-41H,28-29,34-36H2,1-2H3. The number of anilines is 6. The van der Waals surface area contributed by atoms with Crippen LogP contribution in [0.25, 0.3) is 22.3 Å². The smallest absolute Gasteiger partial charge is 0.0467 e. The molecule has 4 bridgehead atoms. The first-order valence-corrected chi connectivity index (χ1v) is 20.7. The molecule has 7 aromatic rings. The first-order chi connectivity index (χ1) is 27.4. The van der Waals surface area contributed by atoms with Crippen LogP contribution in [0.1, 0.15) is 62.6 Å². The van der Waals surface area contributed by atoms with Crippen LogP contribution in [0.2, 0.25) is 0 Å². The number of para-hydroxylation sites is 3. The highest BCUT2D eigenvalue weighted by Gasteiger charge is 2.56. The first kappa shape index (κ1) is 33.5. The van der Waals surface area contributed by atoms with E-state index in [0.29, 0.717) is 5.41 Å². The van der Waals surface area contributed by atoms with E-state index in [1.807, 2.05) is 0 Å². The predicted octanol–water partition coefficient (Wildman–Crippen LogP) is 14.7. The second kappa shape index (κ2) is 12.8. The topological polar surface area (TPSA) is 6.48 Å². The first-order valence-electron chi connectivity index (χ1n) is 20.7. The SMILES string of the molecule is CC1(C)c2cc(N(c3ccccc3)c3ccccc3)ccc2-c2ccc(N(c3ccccc3)c3cccc(-c4cccc(C56CC7CC(C5)C(C7)C6)c4)c3)cc21. The summed E-state index contributed by atoms with van der Waals surface area (Å²) in [5.74, 6) is 2.88. The average molecular weight is 725 g/mol. The molecule has 2 atom stereocenters. The van der Waals surface area contributed by atoms with Crippen LogP contribution in [0.15, 0.2) is 176 Å². The van der Waals surface area contributed by atoms with E-state index in [1.165, 1.54) is 82.5 Å². The zero-order chi connectivity index (χ0) is 37.4. The monoisotopic (exact) mass is 724 g/mol. The molecule has 274 valence electrons. The molecule has 0 spiro atoms. The largest absolute Gasteiger partial charge is 0.310 e. The molecule has 0 saturated heterocycles. The summed E-state index contributed by atoms with van der Waals surface area (Å²) < 4.78 is 0. The van der Waals surface area contributed by atoms with Crippen molar-refractivity contribution in [1.29, 1.82) is 0 Å². The van der Waals surface area contributed by atoms with Gasteiger partial charge in [-0.05, 0) is 167 Å². The fourth-order valence-corrected chi connectivity index (χ4v) is 11.6. The van der Waals surface area contributed by atoms with Gasteiger partial charge in [-0.1, -0.05) is 117 Å². The molecule has 2 heteroatoms. The Morgan fingerprint density at radius 1 is 0.411 bits per heavy atom. The van der Waals surface area contributed by atoms with Crippen molar-refractivity contribution in [2.75, 3.05) is 9.80 Å². The van der Waals surface area contributed by atoms with Gasteiger partial charge in [0.2, 0.25) is 0 Å². The zero-order valence-corrected chi connectivity index (χ0v) is 32.4. The van der Waals surface area contributed by atoms with Crippen LogP contribution in [0.5, 0.6) is 0 Å². The molecule has 0 radical (unpaired) electrons. The van der Waals surface area contributed by atoms with Gasteiger partial charge in [0.1, 0.15) is 0 Å². The van der Waals surface area contributed by atoms with Crippen LogP contribution < -0.4 is 9.80 Å². The number of hydrogen-bond donors (Lipinski definition) is 0. The summed E-state index contributed by atoms with van der Waals surface area (Å²) in [4.78, 5) is 4.81. The van der Waals surface area contributed by atoms with Crippen LogP contribution in [0.4, 0.5) is 34.1 Å². The fraction of sp³-hybridized carbons (Fsp3) is 0.222. The lowest BCUT2D eigenvalue weighted by molar-refractivity contribution is 0.229. The maximum Gasteiger partial charge on any atom is 0.0467 e. The molecule has 4 saturated carbocycles. The summed E-state index contributed by atoms with van der Waals surface area (Å²) in [5, 5.41) is 0. The van der Waals surface area contributed by atoms with E-state index >= 15 is 0 Å². The zero-order valence-electron chi connectivity index (χ0n) is 32.4. The van der Waals surface area contributed by atoms with Gasteiger partial charge in [0.25, 0.3) is 0 Å². The minimum Gasteiger partial charge on any atom is -0.310 e. The Balaban J connectivity index is 0.968. The normalized spacial score (nSPS) is 22.1. The quantitative estimate of drug-likeness (QED) is 0.154. The second-order valence-corrected chi connectivity index (χ2v) is 17.6. The molecule has 4 fully saturated rings. The van der Waals surface area contributed by atoms with E-state index in [9.17, 15) is 0 Å². The third-order valence-electron chi connectivity index (χ3n) is 14.0. The Hall–Kier alpha value is -5.86. The number of rotatable bonds is 8. The van der Waals surface area contributed by atoms with Crippen molar-refractivity contribution in [1.82, 2.24) is 0 Å². The summed E-state index contributed by atoms with van der Waals surface area (Å²) in [6.45, 7) is 4.78. The highest BCUT2D eigenvalue weighted by atomic mass is 15.1. The van der Waals surface area contributed by atoms with Crippen LogP contribution >= 0.6 is 0 Å². The van der Waals surface area contributed by atoms with Crippen molar-refractivity contribution >= 4 is 34.1 Å². The van der Waals surface area contributed by atoms with Crippen LogP contribution in [-0.4, -0.2) is 0 Å². The van der Waals surface area contributed by atoms with E-state index in [1.54, 1.807) is 5.56 Å². The Morgan fingerprint density at radius 2 is 0.857 bits per heavy atom. The van der Waals surface area contributed by atoms with Gasteiger partial charge in [0, 0.05) is 39.5 Å². The molecule has 0 heterocycles. The van der Waals surface area contributed by atoms with Crippen LogP contribution in [0.3, 0.4) is 0 Å². The van der Waals surface area contributed by atoms with Crippen molar-refractivity contribution in [2.24, 2.45) is 17.8 Å². The van der Waals surface area contributed by atoms with E-state index in [4.69, 9.17) is 0 Å². The summed E-state index contributed by atoms with van der Waals surface area (Å²) in [6, 6.07) is 65.3. The van der Waals surface area contributed by atoms with Gasteiger partial charge in [-0.3, -0.25) is 0 Å². The van der Waals surface area contributed by atoms with E-state index in [0.717, 1.165) is 34.8 Å². The summed E-state index contributed by atoms with van der Waals surface area (Å²) in [6.07, 6.45) is 7.16. The Labute approximate surface area is 332 Å². The molecule has 7 aromatic carbocycles. The van der Waals surface area contributed by atoms with Crippen molar-refractivity contribution in [2.45, 2.75) is 56.8 Å². The van der Waals surface area contributed by atoms with Crippen molar-refractivity contribution in [3.05, 3.63) is 193 Å². The van der Waals surface area contributed by atoms with Crippen LogP contribution in [-0.2, 0) is 10.8 Å². The van der Waals surface area contributed by atoms with Crippen molar-refractivity contribution in [3.63, 3.8) is 0 Å². The predicted molar refractivity (Wildman–Crippen MR) is 234 cm³/mol. The lowest BCUT2D eigenvalue weighted by Crippen LogP contribution is -2.31. The molecule has 2 unspecified atom stereocenters. The van der Waals surface area contributed by atoms with Crippen molar-refractivity contribution in [3.8, 4) is 22.3 Å². The highest BCUT2D eigenvalue weighted by Crippen LogP contribution is 2.65. The van der Waals surface area contributed by atoms with Gasteiger partial charge in [0.05, 0.1) is 0 Å². The van der Waals surface area contributed by atoms with Gasteiger partial charge in [-0.15, -0.1) is 0 Å². The van der Waals surface area contributed by atoms with E-state index in [-0.39, 0.29) is 5.41 Å². The van der Waals surface area contributed by atoms with Gasteiger partial charge in [0.15, 0.2) is 0 Å². The third-order valence-corrected chi connectivity index (χ3v) is 14.0. The minimum atomic E-state index is -0.196. The second-order valence-electron chi connectivity index (χ2n) is 17.6. The summed E-state index contributed by atoms with van der Waals surface area (Å²) in [5.41, 5.74) is 16.7. The molecule has 0 aliphatic heterocycles. The number of benzene rings is 7. The maximum atomic E-state index is 2.54. The van der Waals surface area contributed by atoms with Gasteiger partial charge < -0.3 is 9.80 Å². The molecule has 0 N–H and O–H groups in total. The molecule has 5 aliphatic rings. The Bertz CT molecular complexity index is 2510. The lowest BCUT2D eigenvalue weighted by Gasteiger charge is -2.39. The molecular weight excluding hydrogens is 677 g/mol. The van der Waals surface area contributed by atoms with E-state index in [2.05, 4.69) is 200 Å². The number of fused-ring (bicyclic) bond motifs is 3.